The van der Waals surface area contributed by atoms with Crippen LogP contribution in [-0.2, 0) is 17.6 Å². The lowest BCUT2D eigenvalue weighted by Crippen LogP contribution is -2.30. The van der Waals surface area contributed by atoms with E-state index in [2.05, 4.69) is 30.6 Å². The number of nitrogens with one attached hydrogen (secondary N) is 1. The molecule has 1 N–H and O–H groups in total. The highest BCUT2D eigenvalue weighted by Gasteiger charge is 2.24. The molecule has 2 nitrogen and oxygen atoms in total. The zero-order chi connectivity index (χ0) is 13.1. The van der Waals surface area contributed by atoms with E-state index in [1.807, 2.05) is 0 Å². The Labute approximate surface area is 116 Å². The van der Waals surface area contributed by atoms with Gasteiger partial charge in [-0.1, -0.05) is 18.2 Å². The molecule has 1 aliphatic heterocycles. The lowest BCUT2D eigenvalue weighted by Gasteiger charge is -2.31. The van der Waals surface area contributed by atoms with E-state index in [0.29, 0.717) is 6.04 Å². The van der Waals surface area contributed by atoms with Gasteiger partial charge in [-0.05, 0) is 68.2 Å². The molecule has 104 valence electrons. The average molecular weight is 259 g/mol. The fourth-order valence-corrected chi connectivity index (χ4v) is 3.67. The lowest BCUT2D eigenvalue weighted by atomic mass is 9.84. The van der Waals surface area contributed by atoms with Crippen molar-refractivity contribution in [3.8, 4) is 0 Å². The van der Waals surface area contributed by atoms with Gasteiger partial charge in [0.1, 0.15) is 0 Å². The van der Waals surface area contributed by atoms with Crippen molar-refractivity contribution in [1.29, 1.82) is 0 Å². The maximum Gasteiger partial charge on any atom is 0.0469 e. The van der Waals surface area contributed by atoms with E-state index in [0.717, 1.165) is 19.1 Å². The minimum absolute atomic E-state index is 0.496. The summed E-state index contributed by atoms with van der Waals surface area (Å²) in [6.07, 6.45) is 7.63. The molecule has 19 heavy (non-hydrogen) atoms. The maximum absolute atomic E-state index is 5.49. The molecule has 0 aromatic heterocycles. The Morgan fingerprint density at radius 3 is 2.58 bits per heavy atom. The van der Waals surface area contributed by atoms with Crippen LogP contribution < -0.4 is 5.32 Å². The molecular weight excluding hydrogens is 234 g/mol. The largest absolute Gasteiger partial charge is 0.381 e. The lowest BCUT2D eigenvalue weighted by molar-refractivity contribution is 0.0546. The zero-order valence-corrected chi connectivity index (χ0v) is 12.0. The van der Waals surface area contributed by atoms with Crippen LogP contribution in [0.5, 0.6) is 0 Å². The SMILES string of the molecule is CNC(c1ccc2c(c1)CCCC2)C1CCOCC1. The summed E-state index contributed by atoms with van der Waals surface area (Å²) in [4.78, 5) is 0. The summed E-state index contributed by atoms with van der Waals surface area (Å²) in [6.45, 7) is 1.85. The van der Waals surface area contributed by atoms with Gasteiger partial charge in [0, 0.05) is 19.3 Å². The van der Waals surface area contributed by atoms with Crippen LogP contribution in [0.3, 0.4) is 0 Å². The number of hydrogen-bond donors (Lipinski definition) is 1. The van der Waals surface area contributed by atoms with Crippen LogP contribution in [0.2, 0.25) is 0 Å². The summed E-state index contributed by atoms with van der Waals surface area (Å²) in [7, 11) is 2.10. The number of rotatable bonds is 3. The van der Waals surface area contributed by atoms with Crippen LogP contribution in [0.25, 0.3) is 0 Å². The number of hydrogen-bond acceptors (Lipinski definition) is 2. The first kappa shape index (κ1) is 13.1. The highest BCUT2D eigenvalue weighted by atomic mass is 16.5. The highest BCUT2D eigenvalue weighted by Crippen LogP contribution is 2.32. The third-order valence-corrected chi connectivity index (χ3v) is 4.78. The minimum atomic E-state index is 0.496. The van der Waals surface area contributed by atoms with Crippen molar-refractivity contribution < 1.29 is 4.74 Å². The summed E-state index contributed by atoms with van der Waals surface area (Å²) in [5.41, 5.74) is 4.66. The van der Waals surface area contributed by atoms with E-state index < -0.39 is 0 Å². The molecule has 0 saturated carbocycles. The Morgan fingerprint density at radius 1 is 1.11 bits per heavy atom. The monoisotopic (exact) mass is 259 g/mol. The molecule has 2 aliphatic rings. The van der Waals surface area contributed by atoms with Crippen molar-refractivity contribution >= 4 is 0 Å². The van der Waals surface area contributed by atoms with Gasteiger partial charge in [0.05, 0.1) is 0 Å². The van der Waals surface area contributed by atoms with Crippen molar-refractivity contribution in [1.82, 2.24) is 5.32 Å². The molecule has 1 atom stereocenters. The molecular formula is C17H25NO. The highest BCUT2D eigenvalue weighted by molar-refractivity contribution is 5.35. The third-order valence-electron chi connectivity index (χ3n) is 4.78. The van der Waals surface area contributed by atoms with Gasteiger partial charge >= 0.3 is 0 Å². The normalized spacial score (nSPS) is 21.9. The van der Waals surface area contributed by atoms with E-state index in [9.17, 15) is 0 Å². The second-order valence-corrected chi connectivity index (χ2v) is 5.95. The van der Waals surface area contributed by atoms with E-state index in [1.165, 1.54) is 44.1 Å². The van der Waals surface area contributed by atoms with Crippen molar-refractivity contribution in [2.45, 2.75) is 44.6 Å². The topological polar surface area (TPSA) is 21.3 Å². The van der Waals surface area contributed by atoms with E-state index in [-0.39, 0.29) is 0 Å². The molecule has 1 heterocycles. The molecule has 0 spiro atoms. The van der Waals surface area contributed by atoms with Crippen LogP contribution in [-0.4, -0.2) is 20.3 Å². The first-order chi connectivity index (χ1) is 9.38. The molecule has 0 bridgehead atoms. The van der Waals surface area contributed by atoms with Crippen LogP contribution in [0.15, 0.2) is 18.2 Å². The summed E-state index contributed by atoms with van der Waals surface area (Å²) in [5, 5.41) is 3.54. The molecule has 1 aromatic carbocycles. The van der Waals surface area contributed by atoms with Gasteiger partial charge in [0.2, 0.25) is 0 Å². The van der Waals surface area contributed by atoms with E-state index in [4.69, 9.17) is 4.74 Å². The molecule has 0 amide bonds. The first-order valence-corrected chi connectivity index (χ1v) is 7.75. The summed E-state index contributed by atoms with van der Waals surface area (Å²) < 4.78 is 5.49. The number of ether oxygens (including phenoxy) is 1. The Bertz CT molecular complexity index is 423. The smallest absolute Gasteiger partial charge is 0.0469 e. The molecule has 3 rings (SSSR count). The van der Waals surface area contributed by atoms with E-state index >= 15 is 0 Å². The molecule has 1 aromatic rings. The summed E-state index contributed by atoms with van der Waals surface area (Å²) in [6, 6.07) is 7.68. The van der Waals surface area contributed by atoms with Crippen LogP contribution in [0.4, 0.5) is 0 Å². The molecule has 1 aliphatic carbocycles. The molecule has 1 unspecified atom stereocenters. The van der Waals surface area contributed by atoms with E-state index in [1.54, 1.807) is 11.1 Å². The Morgan fingerprint density at radius 2 is 1.84 bits per heavy atom. The van der Waals surface area contributed by atoms with Crippen molar-refractivity contribution in [2.24, 2.45) is 5.92 Å². The van der Waals surface area contributed by atoms with Gasteiger partial charge in [0.25, 0.3) is 0 Å². The number of aryl methyl sites for hydroxylation is 2. The average Bonchev–Trinajstić information content (AvgIpc) is 2.49. The summed E-state index contributed by atoms with van der Waals surface area (Å²) in [5.74, 6) is 0.723. The van der Waals surface area contributed by atoms with Crippen LogP contribution >= 0.6 is 0 Å². The van der Waals surface area contributed by atoms with Crippen LogP contribution in [0, 0.1) is 5.92 Å². The molecule has 0 radical (unpaired) electrons. The van der Waals surface area contributed by atoms with Gasteiger partial charge in [-0.3, -0.25) is 0 Å². The third kappa shape index (κ3) is 2.85. The van der Waals surface area contributed by atoms with Gasteiger partial charge < -0.3 is 10.1 Å². The van der Waals surface area contributed by atoms with Crippen LogP contribution in [0.1, 0.15) is 48.4 Å². The first-order valence-electron chi connectivity index (χ1n) is 7.75. The van der Waals surface area contributed by atoms with Crippen molar-refractivity contribution in [3.05, 3.63) is 34.9 Å². The summed E-state index contributed by atoms with van der Waals surface area (Å²) >= 11 is 0. The molecule has 1 saturated heterocycles. The Kier molecular flexibility index (Phi) is 4.19. The molecule has 1 fully saturated rings. The predicted molar refractivity (Wildman–Crippen MR) is 78.4 cm³/mol. The Hall–Kier alpha value is -0.860. The fourth-order valence-electron chi connectivity index (χ4n) is 3.67. The standard InChI is InChI=1S/C17H25NO/c1-18-17(14-8-10-19-11-9-14)16-7-6-13-4-2-3-5-15(13)12-16/h6-7,12,14,17-18H,2-5,8-11H2,1H3. The zero-order valence-electron chi connectivity index (χ0n) is 12.0. The second-order valence-electron chi connectivity index (χ2n) is 5.95. The number of benzene rings is 1. The maximum atomic E-state index is 5.49. The predicted octanol–water partition coefficient (Wildman–Crippen LogP) is 3.25. The number of fused-ring (bicyclic) bond motifs is 1. The van der Waals surface area contributed by atoms with Gasteiger partial charge in [0.15, 0.2) is 0 Å². The molecule has 2 heteroatoms. The van der Waals surface area contributed by atoms with Gasteiger partial charge in [-0.25, -0.2) is 0 Å². The second kappa shape index (κ2) is 6.06. The van der Waals surface area contributed by atoms with Crippen molar-refractivity contribution in [2.75, 3.05) is 20.3 Å². The fraction of sp³-hybridized carbons (Fsp3) is 0.647. The Balaban J connectivity index is 1.82. The van der Waals surface area contributed by atoms with Crippen molar-refractivity contribution in [3.63, 3.8) is 0 Å². The van der Waals surface area contributed by atoms with Gasteiger partial charge in [-0.15, -0.1) is 0 Å². The quantitative estimate of drug-likeness (QED) is 0.899. The minimum Gasteiger partial charge on any atom is -0.381 e. The van der Waals surface area contributed by atoms with Gasteiger partial charge in [-0.2, -0.15) is 0 Å².